The summed E-state index contributed by atoms with van der Waals surface area (Å²) < 4.78 is 0. The van der Waals surface area contributed by atoms with E-state index in [-0.39, 0.29) is 23.3 Å². The van der Waals surface area contributed by atoms with Gasteiger partial charge in [0.05, 0.1) is 21.5 Å². The van der Waals surface area contributed by atoms with Crippen molar-refractivity contribution in [3.8, 4) is 10.4 Å². The van der Waals surface area contributed by atoms with E-state index in [2.05, 4.69) is 38.0 Å². The lowest BCUT2D eigenvalue weighted by atomic mass is 9.85. The molecule has 2 aliphatic rings. The van der Waals surface area contributed by atoms with Gasteiger partial charge in [0.25, 0.3) is 0 Å². The van der Waals surface area contributed by atoms with Crippen molar-refractivity contribution in [3.05, 3.63) is 64.8 Å². The SMILES string of the molecule is Cc1ncsc1-c1ccc(CNC(=O)C2CCCN2C(=O)C(N(N)/C=C(\N)C2(/C(N)=C/N(N)C(C)C(C)(C)C)CC2)C(C)(C)C)cc1. The Labute approximate surface area is 284 Å². The number of likely N-dealkylation sites (tertiary alicyclic amines) is 1. The number of nitrogens with one attached hydrogen (secondary N) is 1. The van der Waals surface area contributed by atoms with Gasteiger partial charge in [0.15, 0.2) is 0 Å². The third-order valence-electron chi connectivity index (χ3n) is 9.75. The fourth-order valence-electron chi connectivity index (χ4n) is 6.14. The van der Waals surface area contributed by atoms with E-state index in [4.69, 9.17) is 23.2 Å². The third kappa shape index (κ3) is 8.10. The average Bonchev–Trinajstić information content (AvgIpc) is 3.46. The second-order valence-electron chi connectivity index (χ2n) is 15.3. The van der Waals surface area contributed by atoms with Crippen molar-refractivity contribution in [2.75, 3.05) is 6.54 Å². The number of hydrogen-bond donors (Lipinski definition) is 5. The first-order valence-corrected chi connectivity index (χ1v) is 17.3. The van der Waals surface area contributed by atoms with Crippen molar-refractivity contribution < 1.29 is 9.59 Å². The van der Waals surface area contributed by atoms with Crippen LogP contribution in [-0.2, 0) is 16.1 Å². The Morgan fingerprint density at radius 3 is 2.15 bits per heavy atom. The van der Waals surface area contributed by atoms with Gasteiger partial charge in [-0.2, -0.15) is 0 Å². The molecule has 2 heterocycles. The molecule has 9 N–H and O–H groups in total. The molecule has 2 aromatic rings. The highest BCUT2D eigenvalue weighted by molar-refractivity contribution is 7.13. The zero-order valence-corrected chi connectivity index (χ0v) is 30.2. The molecule has 47 heavy (non-hydrogen) atoms. The summed E-state index contributed by atoms with van der Waals surface area (Å²) in [6.07, 6.45) is 6.25. The lowest BCUT2D eigenvalue weighted by molar-refractivity contribution is -0.145. The Morgan fingerprint density at radius 1 is 1.04 bits per heavy atom. The maximum atomic E-state index is 14.2. The van der Waals surface area contributed by atoms with Crippen LogP contribution in [0.3, 0.4) is 0 Å². The molecule has 1 saturated carbocycles. The molecule has 11 nitrogen and oxygen atoms in total. The van der Waals surface area contributed by atoms with E-state index in [0.29, 0.717) is 30.9 Å². The monoisotopic (exact) mass is 665 g/mol. The van der Waals surface area contributed by atoms with E-state index in [1.165, 1.54) is 5.01 Å². The number of aryl methyl sites for hydroxylation is 1. The van der Waals surface area contributed by atoms with Gasteiger partial charge in [-0.05, 0) is 61.5 Å². The number of aromatic nitrogens is 1. The van der Waals surface area contributed by atoms with Crippen molar-refractivity contribution in [1.82, 2.24) is 25.2 Å². The van der Waals surface area contributed by atoms with Crippen LogP contribution in [0.15, 0.2) is 53.6 Å². The van der Waals surface area contributed by atoms with Gasteiger partial charge >= 0.3 is 0 Å². The molecular formula is C35H55N9O2S. The molecule has 0 spiro atoms. The number of hydrazine groups is 2. The number of carbonyl (C=O) groups excluding carboxylic acids is 2. The van der Waals surface area contributed by atoms with E-state index in [9.17, 15) is 9.59 Å². The molecule has 1 aromatic heterocycles. The van der Waals surface area contributed by atoms with Gasteiger partial charge in [-0.1, -0.05) is 65.8 Å². The average molecular weight is 666 g/mol. The van der Waals surface area contributed by atoms with Crippen molar-refractivity contribution >= 4 is 23.2 Å². The molecule has 2 amide bonds. The van der Waals surface area contributed by atoms with Gasteiger partial charge < -0.3 is 31.7 Å². The highest BCUT2D eigenvalue weighted by Crippen LogP contribution is 2.54. The van der Waals surface area contributed by atoms with Crippen LogP contribution in [0.25, 0.3) is 10.4 Å². The summed E-state index contributed by atoms with van der Waals surface area (Å²) >= 11 is 1.61. The van der Waals surface area contributed by atoms with E-state index in [1.54, 1.807) is 33.6 Å². The molecule has 12 heteroatoms. The number of thiazole rings is 1. The molecular weight excluding hydrogens is 611 g/mol. The van der Waals surface area contributed by atoms with Gasteiger partial charge in [0, 0.05) is 42.9 Å². The minimum absolute atomic E-state index is 0.0422. The fourth-order valence-corrected chi connectivity index (χ4v) is 6.95. The minimum atomic E-state index is -0.759. The molecule has 1 aromatic carbocycles. The van der Waals surface area contributed by atoms with E-state index in [0.717, 1.165) is 41.0 Å². The smallest absolute Gasteiger partial charge is 0.248 e. The first-order chi connectivity index (χ1) is 21.9. The molecule has 0 radical (unpaired) electrons. The molecule has 1 saturated heterocycles. The van der Waals surface area contributed by atoms with Gasteiger partial charge in [0.2, 0.25) is 11.8 Å². The van der Waals surface area contributed by atoms with Crippen LogP contribution in [-0.4, -0.2) is 56.4 Å². The maximum absolute atomic E-state index is 14.2. The Bertz CT molecular complexity index is 1480. The first kappa shape index (κ1) is 36.2. The van der Waals surface area contributed by atoms with Crippen molar-refractivity contribution in [2.24, 2.45) is 39.4 Å². The summed E-state index contributed by atoms with van der Waals surface area (Å²) in [6, 6.07) is 6.82. The number of benzene rings is 1. The van der Waals surface area contributed by atoms with E-state index in [1.807, 2.05) is 57.5 Å². The van der Waals surface area contributed by atoms with E-state index >= 15 is 0 Å². The Balaban J connectivity index is 1.45. The minimum Gasteiger partial charge on any atom is -0.400 e. The second-order valence-corrected chi connectivity index (χ2v) is 16.2. The fraction of sp³-hybridized carbons (Fsp3) is 0.571. The summed E-state index contributed by atoms with van der Waals surface area (Å²) in [5.41, 5.74) is 18.1. The number of rotatable bonds is 11. The lowest BCUT2D eigenvalue weighted by Gasteiger charge is -2.39. The molecule has 1 aliphatic carbocycles. The Morgan fingerprint density at radius 2 is 1.64 bits per heavy atom. The molecule has 0 bridgehead atoms. The number of nitrogens with two attached hydrogens (primary N) is 4. The molecule has 3 atom stereocenters. The zero-order chi connectivity index (χ0) is 34.9. The van der Waals surface area contributed by atoms with Crippen LogP contribution in [0.2, 0.25) is 0 Å². The first-order valence-electron chi connectivity index (χ1n) is 16.5. The normalized spacial score (nSPS) is 19.7. The maximum Gasteiger partial charge on any atom is 0.248 e. The summed E-state index contributed by atoms with van der Waals surface area (Å²) in [5, 5.41) is 6.10. The van der Waals surface area contributed by atoms with E-state index < -0.39 is 22.9 Å². The number of amides is 2. The predicted molar refractivity (Wildman–Crippen MR) is 189 cm³/mol. The quantitative estimate of drug-likeness (QED) is 0.173. The van der Waals surface area contributed by atoms with Crippen LogP contribution >= 0.6 is 11.3 Å². The third-order valence-corrected chi connectivity index (χ3v) is 10.7. The summed E-state index contributed by atoms with van der Waals surface area (Å²) in [4.78, 5) is 34.8. The van der Waals surface area contributed by atoms with Gasteiger partial charge in [0.1, 0.15) is 12.1 Å². The Hall–Kier alpha value is -3.61. The highest BCUT2D eigenvalue weighted by atomic mass is 32.1. The molecule has 1 aliphatic heterocycles. The van der Waals surface area contributed by atoms with Crippen molar-refractivity contribution in [3.63, 3.8) is 0 Å². The number of hydrogen-bond acceptors (Lipinski definition) is 10. The van der Waals surface area contributed by atoms with Crippen LogP contribution in [0.5, 0.6) is 0 Å². The standard InChI is InChI=1S/C35H55N9O2S/c1-22-29(47-21-41-22)25-13-11-24(12-14-25)18-40-31(45)26-10-9-17-42(26)32(46)30(34(6,7)8)44(39)20-28(37)35(15-16-35)27(36)19-43(38)23(2)33(3,4)5/h11-14,19-21,23,26,30H,9-10,15-18,36-39H2,1-8H3,(H,40,45)/b27-19-,28-20-. The summed E-state index contributed by atoms with van der Waals surface area (Å²) in [5.74, 6) is 12.6. The lowest BCUT2D eigenvalue weighted by Crippen LogP contribution is -2.58. The highest BCUT2D eigenvalue weighted by Gasteiger charge is 2.49. The van der Waals surface area contributed by atoms with Gasteiger partial charge in [-0.15, -0.1) is 11.3 Å². The van der Waals surface area contributed by atoms with Crippen LogP contribution in [0.4, 0.5) is 0 Å². The summed E-state index contributed by atoms with van der Waals surface area (Å²) in [6.45, 7) is 17.2. The predicted octanol–water partition coefficient (Wildman–Crippen LogP) is 4.31. The molecule has 258 valence electrons. The van der Waals surface area contributed by atoms with Crippen molar-refractivity contribution in [1.29, 1.82) is 0 Å². The second kappa shape index (κ2) is 13.9. The van der Waals surface area contributed by atoms with Gasteiger partial charge in [-0.25, -0.2) is 16.7 Å². The number of carbonyl (C=O) groups is 2. The van der Waals surface area contributed by atoms with Crippen LogP contribution in [0, 0.1) is 23.2 Å². The molecule has 2 fully saturated rings. The zero-order valence-electron chi connectivity index (χ0n) is 29.3. The molecule has 4 rings (SSSR count). The molecule has 3 unspecified atom stereocenters. The number of nitrogens with zero attached hydrogens (tertiary/aromatic N) is 4. The van der Waals surface area contributed by atoms with Gasteiger partial charge in [-0.3, -0.25) is 9.59 Å². The van der Waals surface area contributed by atoms with Crippen molar-refractivity contribution in [2.45, 2.75) is 106 Å². The topological polar surface area (TPSA) is 173 Å². The Kier molecular flexibility index (Phi) is 10.7. The largest absolute Gasteiger partial charge is 0.400 e. The van der Waals surface area contributed by atoms with Crippen LogP contribution in [0.1, 0.15) is 85.4 Å². The van der Waals surface area contributed by atoms with Crippen LogP contribution < -0.4 is 28.5 Å². The summed E-state index contributed by atoms with van der Waals surface area (Å²) in [7, 11) is 0.